The van der Waals surface area contributed by atoms with Gasteiger partial charge in [0.15, 0.2) is 0 Å². The number of rotatable bonds is 4. The number of benzene rings is 1. The fourth-order valence-electron chi connectivity index (χ4n) is 1.60. The van der Waals surface area contributed by atoms with Crippen LogP contribution >= 0.6 is 27.3 Å². The van der Waals surface area contributed by atoms with Gasteiger partial charge in [-0.3, -0.25) is 0 Å². The first-order valence-electron chi connectivity index (χ1n) is 5.41. The van der Waals surface area contributed by atoms with Crippen LogP contribution in [0.3, 0.4) is 0 Å². The van der Waals surface area contributed by atoms with E-state index in [4.69, 9.17) is 0 Å². The van der Waals surface area contributed by atoms with Gasteiger partial charge in [0.25, 0.3) is 0 Å². The highest BCUT2D eigenvalue weighted by atomic mass is 79.9. The number of phenols is 1. The van der Waals surface area contributed by atoms with E-state index in [0.29, 0.717) is 18.3 Å². The van der Waals surface area contributed by atoms with Crippen molar-refractivity contribution in [3.05, 3.63) is 50.6 Å². The van der Waals surface area contributed by atoms with Gasteiger partial charge in [-0.25, -0.2) is 0 Å². The van der Waals surface area contributed by atoms with E-state index < -0.39 is 0 Å². The topological polar surface area (TPSA) is 32.3 Å². The number of aromatic hydroxyl groups is 1. The van der Waals surface area contributed by atoms with Gasteiger partial charge in [0.1, 0.15) is 5.75 Å². The van der Waals surface area contributed by atoms with Gasteiger partial charge < -0.3 is 10.4 Å². The van der Waals surface area contributed by atoms with Crippen LogP contribution in [0, 0.1) is 0 Å². The molecule has 17 heavy (non-hydrogen) atoms. The van der Waals surface area contributed by atoms with Crippen molar-refractivity contribution in [2.24, 2.45) is 0 Å². The van der Waals surface area contributed by atoms with Gasteiger partial charge in [0, 0.05) is 23.0 Å². The average molecular weight is 312 g/mol. The molecule has 0 amide bonds. The molecule has 0 bridgehead atoms. The minimum atomic E-state index is 0.299. The molecule has 90 valence electrons. The zero-order chi connectivity index (χ0) is 12.3. The van der Waals surface area contributed by atoms with Crippen molar-refractivity contribution in [2.75, 3.05) is 0 Å². The van der Waals surface area contributed by atoms with Gasteiger partial charge in [-0.15, -0.1) is 11.3 Å². The van der Waals surface area contributed by atoms with E-state index in [1.807, 2.05) is 18.2 Å². The number of phenolic OH excluding ortho intramolecular Hbond substituents is 1. The normalized spacial score (nSPS) is 12.6. The summed E-state index contributed by atoms with van der Waals surface area (Å²) in [5.41, 5.74) is 0.905. The van der Waals surface area contributed by atoms with Gasteiger partial charge in [0.2, 0.25) is 0 Å². The van der Waals surface area contributed by atoms with Gasteiger partial charge in [0.05, 0.1) is 4.47 Å². The third kappa shape index (κ3) is 3.09. The molecule has 4 heteroatoms. The number of hydrogen-bond acceptors (Lipinski definition) is 3. The molecule has 0 aliphatic rings. The summed E-state index contributed by atoms with van der Waals surface area (Å²) in [5.74, 6) is 0.318. The highest BCUT2D eigenvalue weighted by molar-refractivity contribution is 9.10. The molecule has 0 radical (unpaired) electrons. The largest absolute Gasteiger partial charge is 0.506 e. The Kier molecular flexibility index (Phi) is 4.20. The molecule has 2 nitrogen and oxygen atoms in total. The molecule has 0 saturated carbocycles. The highest BCUT2D eigenvalue weighted by Gasteiger charge is 2.08. The fraction of sp³-hybridized carbons (Fsp3) is 0.231. The molecule has 2 aromatic rings. The highest BCUT2D eigenvalue weighted by Crippen LogP contribution is 2.28. The van der Waals surface area contributed by atoms with E-state index in [-0.39, 0.29) is 0 Å². The Morgan fingerprint density at radius 2 is 2.18 bits per heavy atom. The van der Waals surface area contributed by atoms with Crippen LogP contribution in [-0.4, -0.2) is 5.11 Å². The number of para-hydroxylation sites is 1. The Morgan fingerprint density at radius 3 is 2.88 bits per heavy atom. The monoisotopic (exact) mass is 311 g/mol. The zero-order valence-corrected chi connectivity index (χ0v) is 11.9. The van der Waals surface area contributed by atoms with Crippen LogP contribution in [0.1, 0.15) is 23.4 Å². The molecule has 0 fully saturated rings. The van der Waals surface area contributed by atoms with E-state index in [1.54, 1.807) is 11.3 Å². The zero-order valence-electron chi connectivity index (χ0n) is 9.48. The summed E-state index contributed by atoms with van der Waals surface area (Å²) in [5, 5.41) is 15.3. The quantitative estimate of drug-likeness (QED) is 0.892. The minimum absolute atomic E-state index is 0.299. The van der Waals surface area contributed by atoms with Crippen LogP contribution in [0.5, 0.6) is 5.75 Å². The van der Waals surface area contributed by atoms with Gasteiger partial charge in [-0.2, -0.15) is 0 Å². The molecule has 1 atom stereocenters. The maximum Gasteiger partial charge on any atom is 0.134 e. The standard InChI is InChI=1S/C13H14BrNOS/c1-9(12-6-3-7-17-12)15-8-10-4-2-5-11(14)13(10)16/h2-7,9,15-16H,8H2,1H3/t9-/m1/s1. The van der Waals surface area contributed by atoms with Crippen molar-refractivity contribution in [3.8, 4) is 5.75 Å². The summed E-state index contributed by atoms with van der Waals surface area (Å²) in [4.78, 5) is 1.31. The first-order chi connectivity index (χ1) is 8.18. The summed E-state index contributed by atoms with van der Waals surface area (Å²) >= 11 is 5.06. The molecule has 2 N–H and O–H groups in total. The molecule has 1 aromatic heterocycles. The first-order valence-corrected chi connectivity index (χ1v) is 7.09. The first kappa shape index (κ1) is 12.6. The second-order valence-electron chi connectivity index (χ2n) is 3.87. The third-order valence-corrected chi connectivity index (χ3v) is 4.33. The summed E-state index contributed by atoms with van der Waals surface area (Å²) < 4.78 is 0.737. The predicted octanol–water partition coefficient (Wildman–Crippen LogP) is 4.07. The summed E-state index contributed by atoms with van der Waals surface area (Å²) in [6.45, 7) is 2.78. The lowest BCUT2D eigenvalue weighted by atomic mass is 10.2. The van der Waals surface area contributed by atoms with E-state index in [2.05, 4.69) is 45.7 Å². The van der Waals surface area contributed by atoms with Crippen LogP contribution in [0.15, 0.2) is 40.2 Å². The van der Waals surface area contributed by atoms with Crippen molar-refractivity contribution in [2.45, 2.75) is 19.5 Å². The molecule has 1 heterocycles. The number of thiophene rings is 1. The molecule has 2 rings (SSSR count). The summed E-state index contributed by atoms with van der Waals surface area (Å²) in [7, 11) is 0. The van der Waals surface area contributed by atoms with E-state index in [0.717, 1.165) is 10.0 Å². The van der Waals surface area contributed by atoms with E-state index >= 15 is 0 Å². The predicted molar refractivity (Wildman–Crippen MR) is 75.4 cm³/mol. The Morgan fingerprint density at radius 1 is 1.35 bits per heavy atom. The maximum absolute atomic E-state index is 9.86. The molecule has 0 saturated heterocycles. The Labute approximate surface area is 113 Å². The second kappa shape index (κ2) is 5.67. The summed E-state index contributed by atoms with van der Waals surface area (Å²) in [6.07, 6.45) is 0. The number of halogens is 1. The van der Waals surface area contributed by atoms with Crippen molar-refractivity contribution < 1.29 is 5.11 Å². The van der Waals surface area contributed by atoms with E-state index in [1.165, 1.54) is 4.88 Å². The Bertz CT molecular complexity index is 484. The molecule has 0 spiro atoms. The second-order valence-corrected chi connectivity index (χ2v) is 5.70. The molecule has 0 unspecified atom stereocenters. The van der Waals surface area contributed by atoms with Gasteiger partial charge in [-0.1, -0.05) is 18.2 Å². The van der Waals surface area contributed by atoms with Crippen LogP contribution < -0.4 is 5.32 Å². The van der Waals surface area contributed by atoms with Crippen LogP contribution in [0.25, 0.3) is 0 Å². The third-order valence-electron chi connectivity index (χ3n) is 2.64. The van der Waals surface area contributed by atoms with Crippen molar-refractivity contribution in [1.29, 1.82) is 0 Å². The Balaban J connectivity index is 2.00. The van der Waals surface area contributed by atoms with E-state index in [9.17, 15) is 5.11 Å². The lowest BCUT2D eigenvalue weighted by Crippen LogP contribution is -2.17. The molecule has 0 aliphatic heterocycles. The summed E-state index contributed by atoms with van der Waals surface area (Å²) in [6, 6.07) is 10.2. The van der Waals surface area contributed by atoms with Crippen LogP contribution in [-0.2, 0) is 6.54 Å². The minimum Gasteiger partial charge on any atom is -0.506 e. The number of hydrogen-bond donors (Lipinski definition) is 2. The molecule has 0 aliphatic carbocycles. The van der Waals surface area contributed by atoms with Crippen LogP contribution in [0.4, 0.5) is 0 Å². The van der Waals surface area contributed by atoms with Crippen molar-refractivity contribution >= 4 is 27.3 Å². The van der Waals surface area contributed by atoms with Gasteiger partial charge in [-0.05, 0) is 40.4 Å². The maximum atomic E-state index is 9.86. The SMILES string of the molecule is C[C@@H](NCc1cccc(Br)c1O)c1cccs1. The van der Waals surface area contributed by atoms with Gasteiger partial charge >= 0.3 is 0 Å². The van der Waals surface area contributed by atoms with Crippen LogP contribution in [0.2, 0.25) is 0 Å². The average Bonchev–Trinajstić information content (AvgIpc) is 2.84. The lowest BCUT2D eigenvalue weighted by molar-refractivity contribution is 0.457. The molecule has 1 aromatic carbocycles. The van der Waals surface area contributed by atoms with Crippen molar-refractivity contribution in [3.63, 3.8) is 0 Å². The smallest absolute Gasteiger partial charge is 0.134 e. The number of nitrogens with one attached hydrogen (secondary N) is 1. The Hall–Kier alpha value is -0.840. The molecular formula is C13H14BrNOS. The molecular weight excluding hydrogens is 298 g/mol. The van der Waals surface area contributed by atoms with Crippen molar-refractivity contribution in [1.82, 2.24) is 5.32 Å². The lowest BCUT2D eigenvalue weighted by Gasteiger charge is -2.13. The fourth-order valence-corrected chi connectivity index (χ4v) is 2.77.